The van der Waals surface area contributed by atoms with Crippen molar-refractivity contribution < 1.29 is 10.5 Å². The lowest BCUT2D eigenvalue weighted by molar-refractivity contribution is -0.413. The van der Waals surface area contributed by atoms with Crippen molar-refractivity contribution in [1.29, 1.82) is 0 Å². The van der Waals surface area contributed by atoms with E-state index in [2.05, 4.69) is 36.0 Å². The Hall–Kier alpha value is -1.48. The zero-order chi connectivity index (χ0) is 11.5. The van der Waals surface area contributed by atoms with Crippen LogP contribution in [-0.2, 0) is 6.42 Å². The molecule has 0 aliphatic carbocycles. The zero-order valence-electron chi connectivity index (χ0n) is 9.92. The van der Waals surface area contributed by atoms with Crippen molar-refractivity contribution in [3.8, 4) is 5.75 Å². The molecule has 86 valence electrons. The number of hydrogen-bond donors (Lipinski definition) is 2. The topological polar surface area (TPSA) is 52.7 Å². The van der Waals surface area contributed by atoms with Gasteiger partial charge in [0.2, 0.25) is 0 Å². The molecule has 2 rings (SSSR count). The van der Waals surface area contributed by atoms with Crippen LogP contribution in [0.25, 0.3) is 10.9 Å². The van der Waals surface area contributed by atoms with Crippen LogP contribution in [0.15, 0.2) is 24.4 Å². The number of H-pyrrole nitrogens is 1. The number of fused-ring (bicyclic) bond motifs is 1. The van der Waals surface area contributed by atoms with Crippen molar-refractivity contribution in [2.45, 2.75) is 26.3 Å². The highest BCUT2D eigenvalue weighted by Crippen LogP contribution is 2.24. The first-order chi connectivity index (χ1) is 7.70. The number of ether oxygens (including phenoxy) is 1. The summed E-state index contributed by atoms with van der Waals surface area (Å²) in [6.07, 6.45) is 3.07. The lowest BCUT2D eigenvalue weighted by Gasteiger charge is -2.04. The molecule has 0 fully saturated rings. The smallest absolute Gasteiger partial charge is 0.120 e. The van der Waals surface area contributed by atoms with Gasteiger partial charge in [-0.05, 0) is 37.6 Å². The normalized spacial score (nSPS) is 12.9. The maximum atomic E-state index is 5.51. The van der Waals surface area contributed by atoms with Crippen LogP contribution in [0.5, 0.6) is 5.75 Å². The molecule has 0 saturated heterocycles. The maximum Gasteiger partial charge on any atom is 0.120 e. The second kappa shape index (κ2) is 4.58. The number of rotatable bonds is 4. The van der Waals surface area contributed by atoms with Crippen molar-refractivity contribution in [2.24, 2.45) is 0 Å². The lowest BCUT2D eigenvalue weighted by Crippen LogP contribution is -2.60. The molecule has 0 aliphatic heterocycles. The quantitative estimate of drug-likeness (QED) is 0.808. The fourth-order valence-electron chi connectivity index (χ4n) is 1.96. The van der Waals surface area contributed by atoms with Gasteiger partial charge in [0, 0.05) is 23.5 Å². The van der Waals surface area contributed by atoms with Gasteiger partial charge in [-0.2, -0.15) is 0 Å². The Morgan fingerprint density at radius 2 is 2.25 bits per heavy atom. The highest BCUT2D eigenvalue weighted by atomic mass is 16.5. The summed E-state index contributed by atoms with van der Waals surface area (Å²) in [5.41, 5.74) is 6.52. The summed E-state index contributed by atoms with van der Waals surface area (Å²) in [6.45, 7) is 4.84. The SMILES string of the molecule is CCOc1ccc2[nH]cc(C[C@@H](C)[NH3+])c2c1. The van der Waals surface area contributed by atoms with E-state index in [1.54, 1.807) is 0 Å². The Morgan fingerprint density at radius 1 is 1.44 bits per heavy atom. The molecule has 1 aromatic heterocycles. The molecule has 0 saturated carbocycles. The van der Waals surface area contributed by atoms with Gasteiger partial charge in [-0.1, -0.05) is 0 Å². The van der Waals surface area contributed by atoms with Gasteiger partial charge in [0.05, 0.1) is 12.6 Å². The van der Waals surface area contributed by atoms with Crippen LogP contribution >= 0.6 is 0 Å². The Kier molecular flexibility index (Phi) is 3.15. The zero-order valence-corrected chi connectivity index (χ0v) is 9.92. The predicted octanol–water partition coefficient (Wildman–Crippen LogP) is 1.74. The van der Waals surface area contributed by atoms with E-state index >= 15 is 0 Å². The van der Waals surface area contributed by atoms with E-state index in [0.717, 1.165) is 12.2 Å². The van der Waals surface area contributed by atoms with Gasteiger partial charge in [-0.3, -0.25) is 0 Å². The molecule has 0 spiro atoms. The molecule has 1 atom stereocenters. The summed E-state index contributed by atoms with van der Waals surface area (Å²) in [5, 5.41) is 1.25. The molecular weight excluding hydrogens is 200 g/mol. The third-order valence-corrected chi connectivity index (χ3v) is 2.62. The molecule has 3 heteroatoms. The fraction of sp³-hybridized carbons (Fsp3) is 0.385. The van der Waals surface area contributed by atoms with Crippen LogP contribution in [0, 0.1) is 0 Å². The highest BCUT2D eigenvalue weighted by Gasteiger charge is 2.08. The predicted molar refractivity (Wildman–Crippen MR) is 65.5 cm³/mol. The molecule has 0 amide bonds. The summed E-state index contributed by atoms with van der Waals surface area (Å²) < 4.78 is 5.51. The summed E-state index contributed by atoms with van der Waals surface area (Å²) in [6, 6.07) is 6.60. The molecule has 3 nitrogen and oxygen atoms in total. The van der Waals surface area contributed by atoms with Crippen LogP contribution in [0.2, 0.25) is 0 Å². The monoisotopic (exact) mass is 219 g/mol. The molecule has 0 radical (unpaired) electrons. The second-order valence-electron chi connectivity index (χ2n) is 4.26. The first kappa shape index (κ1) is 11.0. The Morgan fingerprint density at radius 3 is 2.94 bits per heavy atom. The number of quaternary nitrogens is 1. The molecule has 0 unspecified atom stereocenters. The molecule has 1 heterocycles. The molecule has 0 bridgehead atoms. The number of benzene rings is 1. The van der Waals surface area contributed by atoms with Crippen LogP contribution in [-0.4, -0.2) is 17.6 Å². The third-order valence-electron chi connectivity index (χ3n) is 2.62. The Bertz CT molecular complexity index is 474. The molecule has 2 aromatic rings. The third kappa shape index (κ3) is 2.19. The maximum absolute atomic E-state index is 5.51. The fourth-order valence-corrected chi connectivity index (χ4v) is 1.96. The molecular formula is C13H19N2O+. The van der Waals surface area contributed by atoms with Crippen molar-refractivity contribution in [3.05, 3.63) is 30.0 Å². The van der Waals surface area contributed by atoms with E-state index < -0.39 is 0 Å². The summed E-state index contributed by atoms with van der Waals surface area (Å²) in [5.74, 6) is 0.938. The average molecular weight is 219 g/mol. The van der Waals surface area contributed by atoms with Crippen LogP contribution in [0.4, 0.5) is 0 Å². The highest BCUT2D eigenvalue weighted by molar-refractivity contribution is 5.84. The minimum atomic E-state index is 0.426. The van der Waals surface area contributed by atoms with E-state index in [4.69, 9.17) is 4.74 Å². The first-order valence-electron chi connectivity index (χ1n) is 5.76. The van der Waals surface area contributed by atoms with Crippen LogP contribution < -0.4 is 10.5 Å². The van der Waals surface area contributed by atoms with Gasteiger partial charge in [-0.25, -0.2) is 0 Å². The summed E-state index contributed by atoms with van der Waals surface area (Å²) >= 11 is 0. The lowest BCUT2D eigenvalue weighted by atomic mass is 10.1. The number of hydrogen-bond acceptors (Lipinski definition) is 1. The van der Waals surface area contributed by atoms with E-state index in [9.17, 15) is 0 Å². The van der Waals surface area contributed by atoms with Crippen molar-refractivity contribution in [3.63, 3.8) is 0 Å². The molecule has 16 heavy (non-hydrogen) atoms. The summed E-state index contributed by atoms with van der Waals surface area (Å²) in [7, 11) is 0. The number of aromatic amines is 1. The van der Waals surface area contributed by atoms with Gasteiger partial charge in [-0.15, -0.1) is 0 Å². The van der Waals surface area contributed by atoms with Gasteiger partial charge in [0.25, 0.3) is 0 Å². The van der Waals surface area contributed by atoms with Gasteiger partial charge in [0.1, 0.15) is 5.75 Å². The minimum absolute atomic E-state index is 0.426. The van der Waals surface area contributed by atoms with E-state index in [1.807, 2.05) is 13.0 Å². The first-order valence-corrected chi connectivity index (χ1v) is 5.76. The van der Waals surface area contributed by atoms with Crippen molar-refractivity contribution in [2.75, 3.05) is 6.61 Å². The number of aromatic nitrogens is 1. The Balaban J connectivity index is 2.39. The second-order valence-corrected chi connectivity index (χ2v) is 4.26. The molecule has 0 aliphatic rings. The van der Waals surface area contributed by atoms with Gasteiger partial charge in [0.15, 0.2) is 0 Å². The summed E-state index contributed by atoms with van der Waals surface area (Å²) in [4.78, 5) is 3.28. The molecule has 1 aromatic carbocycles. The van der Waals surface area contributed by atoms with Gasteiger partial charge < -0.3 is 15.5 Å². The van der Waals surface area contributed by atoms with Crippen molar-refractivity contribution in [1.82, 2.24) is 4.98 Å². The standard InChI is InChI=1S/C13H18N2O/c1-3-16-11-4-5-13-12(7-11)10(8-15-13)6-9(2)14/h4-5,7-9,15H,3,6,14H2,1-2H3/p+1/t9-/m1/s1. The largest absolute Gasteiger partial charge is 0.494 e. The number of nitrogens with one attached hydrogen (secondary N) is 1. The van der Waals surface area contributed by atoms with Crippen molar-refractivity contribution >= 4 is 10.9 Å². The van der Waals surface area contributed by atoms with Crippen LogP contribution in [0.3, 0.4) is 0 Å². The van der Waals surface area contributed by atoms with E-state index in [1.165, 1.54) is 16.5 Å². The van der Waals surface area contributed by atoms with Crippen LogP contribution in [0.1, 0.15) is 19.4 Å². The minimum Gasteiger partial charge on any atom is -0.494 e. The van der Waals surface area contributed by atoms with Gasteiger partial charge >= 0.3 is 0 Å². The van der Waals surface area contributed by atoms with E-state index in [-0.39, 0.29) is 0 Å². The average Bonchev–Trinajstić information content (AvgIpc) is 2.61. The van der Waals surface area contributed by atoms with E-state index in [0.29, 0.717) is 12.6 Å². The molecule has 4 N–H and O–H groups in total. The Labute approximate surface area is 95.6 Å².